The summed E-state index contributed by atoms with van der Waals surface area (Å²) < 4.78 is 6.52. The van der Waals surface area contributed by atoms with E-state index in [1.807, 2.05) is 13.8 Å². The third-order valence-electron chi connectivity index (χ3n) is 2.48. The first-order chi connectivity index (χ1) is 9.39. The molecule has 0 spiro atoms. The maximum absolute atomic E-state index is 11.9. The number of rotatable bonds is 4. The van der Waals surface area contributed by atoms with Crippen LogP contribution in [0.1, 0.15) is 13.8 Å². The predicted molar refractivity (Wildman–Crippen MR) is 76.1 cm³/mol. The molecule has 0 atom stereocenters. The third-order valence-corrected chi connectivity index (χ3v) is 2.70. The molecule has 0 aliphatic rings. The topological polar surface area (TPSA) is 80.5 Å². The molecule has 0 aromatic carbocycles. The Balaban J connectivity index is 2.06. The fourth-order valence-corrected chi connectivity index (χ4v) is 1.90. The first kappa shape index (κ1) is 14.5. The van der Waals surface area contributed by atoms with Gasteiger partial charge in [-0.1, -0.05) is 11.6 Å². The molecule has 108 valence electrons. The Morgan fingerprint density at radius 1 is 1.50 bits per heavy atom. The number of carbonyl (C=O) groups excluding carboxylic acids is 1. The van der Waals surface area contributed by atoms with Gasteiger partial charge in [0.2, 0.25) is 0 Å². The van der Waals surface area contributed by atoms with Crippen LogP contribution in [0.2, 0.25) is 5.02 Å². The standard InChI is InChI=1S/C12H16ClN5O2/c1-12(2,7-20-3)16-11(19)15-10-14-9-5-4-8(13)6-18(9)17-10/h4-6H,7H2,1-3H3,(H2,15,16,17,19). The van der Waals surface area contributed by atoms with E-state index in [1.165, 1.54) is 4.52 Å². The van der Waals surface area contributed by atoms with Gasteiger partial charge in [0, 0.05) is 13.3 Å². The van der Waals surface area contributed by atoms with E-state index in [0.717, 1.165) is 0 Å². The number of urea groups is 1. The quantitative estimate of drug-likeness (QED) is 0.903. The molecule has 0 fully saturated rings. The average molecular weight is 298 g/mol. The predicted octanol–water partition coefficient (Wildman–Crippen LogP) is 1.93. The van der Waals surface area contributed by atoms with Gasteiger partial charge in [0.05, 0.1) is 17.2 Å². The van der Waals surface area contributed by atoms with Gasteiger partial charge in [0.1, 0.15) is 0 Å². The number of hydrogen-bond donors (Lipinski definition) is 2. The summed E-state index contributed by atoms with van der Waals surface area (Å²) in [6, 6.07) is 3.03. The summed E-state index contributed by atoms with van der Waals surface area (Å²) in [5.74, 6) is 0.206. The van der Waals surface area contributed by atoms with Gasteiger partial charge < -0.3 is 10.1 Å². The van der Waals surface area contributed by atoms with Crippen molar-refractivity contribution >= 4 is 29.2 Å². The zero-order chi connectivity index (χ0) is 14.8. The number of aromatic nitrogens is 3. The van der Waals surface area contributed by atoms with E-state index in [2.05, 4.69) is 20.7 Å². The number of carbonyl (C=O) groups is 1. The molecule has 2 amide bonds. The molecule has 2 aromatic heterocycles. The lowest BCUT2D eigenvalue weighted by Crippen LogP contribution is -2.48. The molecule has 0 aliphatic heterocycles. The summed E-state index contributed by atoms with van der Waals surface area (Å²) in [4.78, 5) is 16.0. The number of nitrogens with one attached hydrogen (secondary N) is 2. The molecule has 0 unspecified atom stereocenters. The molecule has 2 heterocycles. The number of anilines is 1. The summed E-state index contributed by atoms with van der Waals surface area (Å²) in [6.07, 6.45) is 1.61. The molecule has 0 radical (unpaired) electrons. The van der Waals surface area contributed by atoms with Crippen molar-refractivity contribution in [2.24, 2.45) is 0 Å². The maximum atomic E-state index is 11.9. The maximum Gasteiger partial charge on any atom is 0.322 e. The van der Waals surface area contributed by atoms with Gasteiger partial charge in [0.15, 0.2) is 5.65 Å². The average Bonchev–Trinajstić information content (AvgIpc) is 2.68. The van der Waals surface area contributed by atoms with Crippen molar-refractivity contribution in [2.45, 2.75) is 19.4 Å². The molecule has 0 saturated heterocycles. The number of pyridine rings is 1. The highest BCUT2D eigenvalue weighted by Crippen LogP contribution is 2.11. The largest absolute Gasteiger partial charge is 0.382 e. The minimum absolute atomic E-state index is 0.206. The van der Waals surface area contributed by atoms with Crippen molar-refractivity contribution in [1.82, 2.24) is 19.9 Å². The Morgan fingerprint density at radius 2 is 2.25 bits per heavy atom. The van der Waals surface area contributed by atoms with Gasteiger partial charge in [-0.05, 0) is 26.0 Å². The Bertz CT molecular complexity index is 625. The number of halogens is 1. The van der Waals surface area contributed by atoms with Crippen LogP contribution >= 0.6 is 11.6 Å². The monoisotopic (exact) mass is 297 g/mol. The van der Waals surface area contributed by atoms with Crippen molar-refractivity contribution in [1.29, 1.82) is 0 Å². The fourth-order valence-electron chi connectivity index (χ4n) is 1.75. The van der Waals surface area contributed by atoms with E-state index in [0.29, 0.717) is 17.3 Å². The first-order valence-electron chi connectivity index (χ1n) is 6.00. The summed E-state index contributed by atoms with van der Waals surface area (Å²) in [7, 11) is 1.58. The number of amides is 2. The van der Waals surface area contributed by atoms with E-state index in [-0.39, 0.29) is 5.95 Å². The van der Waals surface area contributed by atoms with Crippen LogP contribution in [0, 0.1) is 0 Å². The lowest BCUT2D eigenvalue weighted by atomic mass is 10.1. The summed E-state index contributed by atoms with van der Waals surface area (Å²) in [6.45, 7) is 4.11. The highest BCUT2D eigenvalue weighted by Gasteiger charge is 2.20. The van der Waals surface area contributed by atoms with Crippen molar-refractivity contribution in [2.75, 3.05) is 19.0 Å². The first-order valence-corrected chi connectivity index (χ1v) is 6.37. The lowest BCUT2D eigenvalue weighted by molar-refractivity contribution is 0.133. The van der Waals surface area contributed by atoms with E-state index < -0.39 is 11.6 Å². The summed E-state index contributed by atoms with van der Waals surface area (Å²) in [5, 5.41) is 9.99. The van der Waals surface area contributed by atoms with E-state index in [1.54, 1.807) is 25.4 Å². The van der Waals surface area contributed by atoms with Gasteiger partial charge in [-0.2, -0.15) is 4.98 Å². The molecule has 2 rings (SSSR count). The highest BCUT2D eigenvalue weighted by atomic mass is 35.5. The van der Waals surface area contributed by atoms with Crippen molar-refractivity contribution in [3.8, 4) is 0 Å². The summed E-state index contributed by atoms with van der Waals surface area (Å²) in [5.41, 5.74) is 0.113. The van der Waals surface area contributed by atoms with Crippen molar-refractivity contribution in [3.63, 3.8) is 0 Å². The SMILES string of the molecule is COCC(C)(C)NC(=O)Nc1nc2ccc(Cl)cn2n1. The smallest absolute Gasteiger partial charge is 0.322 e. The highest BCUT2D eigenvalue weighted by molar-refractivity contribution is 6.30. The number of nitrogens with zero attached hydrogens (tertiary/aromatic N) is 3. The molecule has 2 aromatic rings. The van der Waals surface area contributed by atoms with Gasteiger partial charge in [0.25, 0.3) is 5.95 Å². The molecular weight excluding hydrogens is 282 g/mol. The lowest BCUT2D eigenvalue weighted by Gasteiger charge is -2.24. The Morgan fingerprint density at radius 3 is 2.95 bits per heavy atom. The number of hydrogen-bond acceptors (Lipinski definition) is 4. The Kier molecular flexibility index (Phi) is 4.10. The van der Waals surface area contributed by atoms with Crippen molar-refractivity contribution < 1.29 is 9.53 Å². The number of methoxy groups -OCH3 is 1. The van der Waals surface area contributed by atoms with Gasteiger partial charge >= 0.3 is 6.03 Å². The zero-order valence-electron chi connectivity index (χ0n) is 11.5. The second kappa shape index (κ2) is 5.64. The van der Waals surface area contributed by atoms with E-state index in [4.69, 9.17) is 16.3 Å². The Hall–Kier alpha value is -1.86. The summed E-state index contributed by atoms with van der Waals surface area (Å²) >= 11 is 5.85. The molecule has 7 nitrogen and oxygen atoms in total. The van der Waals surface area contributed by atoms with Crippen LogP contribution in [0.15, 0.2) is 18.3 Å². The molecule has 0 bridgehead atoms. The van der Waals surface area contributed by atoms with E-state index >= 15 is 0 Å². The molecular formula is C12H16ClN5O2. The van der Waals surface area contributed by atoms with Crippen LogP contribution in [-0.2, 0) is 4.74 Å². The molecule has 20 heavy (non-hydrogen) atoms. The number of ether oxygens (including phenoxy) is 1. The second-order valence-electron chi connectivity index (χ2n) is 4.98. The molecule has 2 N–H and O–H groups in total. The van der Waals surface area contributed by atoms with E-state index in [9.17, 15) is 4.79 Å². The Labute approximate surface area is 121 Å². The van der Waals surface area contributed by atoms with Gasteiger partial charge in [-0.25, -0.2) is 9.31 Å². The minimum Gasteiger partial charge on any atom is -0.382 e. The number of fused-ring (bicyclic) bond motifs is 1. The van der Waals surface area contributed by atoms with Crippen LogP contribution in [0.4, 0.5) is 10.7 Å². The zero-order valence-corrected chi connectivity index (χ0v) is 12.2. The normalized spacial score (nSPS) is 11.6. The van der Waals surface area contributed by atoms with Crippen LogP contribution < -0.4 is 10.6 Å². The van der Waals surface area contributed by atoms with Gasteiger partial charge in [-0.15, -0.1) is 5.10 Å². The molecule has 0 saturated carbocycles. The van der Waals surface area contributed by atoms with Gasteiger partial charge in [-0.3, -0.25) is 5.32 Å². The molecule has 0 aliphatic carbocycles. The van der Waals surface area contributed by atoms with Crippen LogP contribution in [0.3, 0.4) is 0 Å². The second-order valence-corrected chi connectivity index (χ2v) is 5.42. The fraction of sp³-hybridized carbons (Fsp3) is 0.417. The van der Waals surface area contributed by atoms with Crippen LogP contribution in [-0.4, -0.2) is 39.9 Å². The van der Waals surface area contributed by atoms with Crippen LogP contribution in [0.5, 0.6) is 0 Å². The minimum atomic E-state index is -0.485. The van der Waals surface area contributed by atoms with Crippen LogP contribution in [0.25, 0.3) is 5.65 Å². The van der Waals surface area contributed by atoms with Crippen molar-refractivity contribution in [3.05, 3.63) is 23.4 Å². The molecule has 8 heteroatoms. The third kappa shape index (κ3) is 3.58.